The van der Waals surface area contributed by atoms with Gasteiger partial charge in [-0.2, -0.15) is 0 Å². The summed E-state index contributed by atoms with van der Waals surface area (Å²) in [7, 11) is 1.81. The smallest absolute Gasteiger partial charge is 0.191 e. The largest absolute Gasteiger partial charge is 0.356 e. The van der Waals surface area contributed by atoms with Crippen LogP contribution in [0.15, 0.2) is 35.3 Å². The van der Waals surface area contributed by atoms with Crippen LogP contribution in [0.4, 0.5) is 0 Å². The van der Waals surface area contributed by atoms with E-state index in [0.717, 1.165) is 19.0 Å². The van der Waals surface area contributed by atoms with E-state index in [1.54, 1.807) is 7.05 Å². The minimum atomic E-state index is 0. The maximum absolute atomic E-state index is 4.20. The first-order valence-corrected chi connectivity index (χ1v) is 6.35. The number of benzene rings is 1. The average molecular weight is 361 g/mol. The highest BCUT2D eigenvalue weighted by molar-refractivity contribution is 14.0. The molecule has 0 unspecified atom stereocenters. The van der Waals surface area contributed by atoms with Crippen LogP contribution >= 0.6 is 24.0 Å². The summed E-state index contributed by atoms with van der Waals surface area (Å²) in [5, 5.41) is 6.61. The van der Waals surface area contributed by atoms with Crippen LogP contribution in [-0.4, -0.2) is 19.6 Å². The highest BCUT2D eigenvalue weighted by Crippen LogP contribution is 1.97. The molecule has 0 amide bonds. The van der Waals surface area contributed by atoms with Crippen molar-refractivity contribution in [3.63, 3.8) is 0 Å². The Morgan fingerprint density at radius 2 is 1.83 bits per heavy atom. The zero-order valence-electron chi connectivity index (χ0n) is 11.3. The van der Waals surface area contributed by atoms with Crippen molar-refractivity contribution in [1.29, 1.82) is 0 Å². The Morgan fingerprint density at radius 3 is 2.44 bits per heavy atom. The first kappa shape index (κ1) is 17.2. The van der Waals surface area contributed by atoms with Gasteiger partial charge in [-0.1, -0.05) is 50.1 Å². The maximum Gasteiger partial charge on any atom is 0.191 e. The van der Waals surface area contributed by atoms with Gasteiger partial charge in [-0.05, 0) is 12.0 Å². The molecule has 0 aliphatic rings. The first-order chi connectivity index (χ1) is 8.36. The van der Waals surface area contributed by atoms with E-state index in [4.69, 9.17) is 0 Å². The molecule has 0 spiro atoms. The zero-order chi connectivity index (χ0) is 12.3. The number of halogens is 1. The summed E-state index contributed by atoms with van der Waals surface area (Å²) >= 11 is 0. The molecule has 0 radical (unpaired) electrons. The number of rotatable bonds is 6. The maximum atomic E-state index is 4.20. The second-order valence-electron chi connectivity index (χ2n) is 4.05. The predicted octanol–water partition coefficient (Wildman–Crippen LogP) is 3.16. The molecule has 0 heterocycles. The average Bonchev–Trinajstić information content (AvgIpc) is 2.39. The van der Waals surface area contributed by atoms with E-state index in [-0.39, 0.29) is 24.0 Å². The van der Waals surface area contributed by atoms with Crippen LogP contribution in [0.25, 0.3) is 0 Å². The predicted molar refractivity (Wildman–Crippen MR) is 89.6 cm³/mol. The van der Waals surface area contributed by atoms with E-state index < -0.39 is 0 Å². The molecule has 4 heteroatoms. The number of nitrogens with zero attached hydrogens (tertiary/aromatic N) is 1. The molecule has 0 fully saturated rings. The molecule has 0 saturated carbocycles. The topological polar surface area (TPSA) is 36.4 Å². The lowest BCUT2D eigenvalue weighted by Gasteiger charge is -2.11. The van der Waals surface area contributed by atoms with Gasteiger partial charge in [-0.3, -0.25) is 4.99 Å². The summed E-state index contributed by atoms with van der Waals surface area (Å²) in [6.45, 7) is 4.01. The zero-order valence-corrected chi connectivity index (χ0v) is 13.6. The summed E-state index contributed by atoms with van der Waals surface area (Å²) in [6.07, 6.45) is 3.71. The third-order valence-electron chi connectivity index (χ3n) is 2.60. The highest BCUT2D eigenvalue weighted by Gasteiger charge is 1.96. The number of guanidine groups is 1. The Labute approximate surface area is 127 Å². The molecule has 18 heavy (non-hydrogen) atoms. The van der Waals surface area contributed by atoms with Gasteiger partial charge in [-0.15, -0.1) is 24.0 Å². The SMILES string of the molecule is CCCCCNC(=NC)NCc1ccccc1.I. The van der Waals surface area contributed by atoms with Gasteiger partial charge in [0, 0.05) is 20.1 Å². The lowest BCUT2D eigenvalue weighted by Crippen LogP contribution is -2.37. The van der Waals surface area contributed by atoms with Crippen LogP contribution in [0.3, 0.4) is 0 Å². The van der Waals surface area contributed by atoms with E-state index in [0.29, 0.717) is 0 Å². The summed E-state index contributed by atoms with van der Waals surface area (Å²) in [5.41, 5.74) is 1.27. The molecular weight excluding hydrogens is 337 g/mol. The number of aliphatic imine (C=N–C) groups is 1. The van der Waals surface area contributed by atoms with Gasteiger partial charge >= 0.3 is 0 Å². The number of unbranched alkanes of at least 4 members (excludes halogenated alkanes) is 2. The van der Waals surface area contributed by atoms with Gasteiger partial charge in [0.2, 0.25) is 0 Å². The summed E-state index contributed by atoms with van der Waals surface area (Å²) in [6, 6.07) is 10.3. The van der Waals surface area contributed by atoms with Crippen molar-refractivity contribution in [2.75, 3.05) is 13.6 Å². The van der Waals surface area contributed by atoms with Crippen LogP contribution in [0.5, 0.6) is 0 Å². The van der Waals surface area contributed by atoms with Crippen molar-refractivity contribution in [3.05, 3.63) is 35.9 Å². The number of hydrogen-bond acceptors (Lipinski definition) is 1. The summed E-state index contributed by atoms with van der Waals surface area (Å²) < 4.78 is 0. The van der Waals surface area contributed by atoms with Crippen LogP contribution in [0, 0.1) is 0 Å². The van der Waals surface area contributed by atoms with Crippen molar-refractivity contribution in [3.8, 4) is 0 Å². The Hall–Kier alpha value is -0.780. The quantitative estimate of drug-likeness (QED) is 0.354. The van der Waals surface area contributed by atoms with E-state index >= 15 is 0 Å². The van der Waals surface area contributed by atoms with E-state index in [9.17, 15) is 0 Å². The van der Waals surface area contributed by atoms with E-state index in [1.807, 2.05) is 6.07 Å². The number of hydrogen-bond donors (Lipinski definition) is 2. The van der Waals surface area contributed by atoms with Crippen molar-refractivity contribution in [1.82, 2.24) is 10.6 Å². The Bertz CT molecular complexity index is 325. The molecule has 1 aromatic rings. The van der Waals surface area contributed by atoms with Gasteiger partial charge < -0.3 is 10.6 Å². The molecule has 2 N–H and O–H groups in total. The summed E-state index contributed by atoms with van der Waals surface area (Å²) in [4.78, 5) is 4.20. The Kier molecular flexibility index (Phi) is 10.8. The molecule has 0 aliphatic carbocycles. The van der Waals surface area contributed by atoms with Crippen molar-refractivity contribution in [2.24, 2.45) is 4.99 Å². The van der Waals surface area contributed by atoms with E-state index in [1.165, 1.54) is 24.8 Å². The molecular formula is C14H24IN3. The normalized spacial score (nSPS) is 10.7. The van der Waals surface area contributed by atoms with Gasteiger partial charge in [0.15, 0.2) is 5.96 Å². The third-order valence-corrected chi connectivity index (χ3v) is 2.60. The fraction of sp³-hybridized carbons (Fsp3) is 0.500. The van der Waals surface area contributed by atoms with Crippen LogP contribution in [0.1, 0.15) is 31.7 Å². The van der Waals surface area contributed by atoms with Crippen LogP contribution in [0.2, 0.25) is 0 Å². The molecule has 0 aromatic heterocycles. The monoisotopic (exact) mass is 361 g/mol. The molecule has 102 valence electrons. The van der Waals surface area contributed by atoms with Gasteiger partial charge in [-0.25, -0.2) is 0 Å². The van der Waals surface area contributed by atoms with Gasteiger partial charge in [0.25, 0.3) is 0 Å². The number of nitrogens with one attached hydrogen (secondary N) is 2. The molecule has 0 bridgehead atoms. The Balaban J connectivity index is 0.00000289. The van der Waals surface area contributed by atoms with Crippen molar-refractivity contribution < 1.29 is 0 Å². The molecule has 3 nitrogen and oxygen atoms in total. The van der Waals surface area contributed by atoms with Crippen molar-refractivity contribution >= 4 is 29.9 Å². The fourth-order valence-corrected chi connectivity index (χ4v) is 1.58. The standard InChI is InChI=1S/C14H23N3.HI/c1-3-4-8-11-16-14(15-2)17-12-13-9-6-5-7-10-13;/h5-7,9-10H,3-4,8,11-12H2,1-2H3,(H2,15,16,17);1H. The third kappa shape index (κ3) is 7.53. The first-order valence-electron chi connectivity index (χ1n) is 6.35. The minimum Gasteiger partial charge on any atom is -0.356 e. The summed E-state index contributed by atoms with van der Waals surface area (Å²) in [5.74, 6) is 0.880. The molecule has 0 saturated heterocycles. The van der Waals surface area contributed by atoms with E-state index in [2.05, 4.69) is 46.8 Å². The van der Waals surface area contributed by atoms with Gasteiger partial charge in [0.05, 0.1) is 0 Å². The van der Waals surface area contributed by atoms with Crippen molar-refractivity contribution in [2.45, 2.75) is 32.7 Å². The molecule has 1 rings (SSSR count). The fourth-order valence-electron chi connectivity index (χ4n) is 1.58. The molecule has 0 aliphatic heterocycles. The highest BCUT2D eigenvalue weighted by atomic mass is 127. The van der Waals surface area contributed by atoms with Crippen LogP contribution in [-0.2, 0) is 6.54 Å². The Morgan fingerprint density at radius 1 is 1.11 bits per heavy atom. The lowest BCUT2D eigenvalue weighted by molar-refractivity contribution is 0.683. The van der Waals surface area contributed by atoms with Crippen LogP contribution < -0.4 is 10.6 Å². The molecule has 1 aromatic carbocycles. The van der Waals surface area contributed by atoms with Gasteiger partial charge in [0.1, 0.15) is 0 Å². The molecule has 0 atom stereocenters. The minimum absolute atomic E-state index is 0. The second-order valence-corrected chi connectivity index (χ2v) is 4.05. The second kappa shape index (κ2) is 11.3. The lowest BCUT2D eigenvalue weighted by atomic mass is 10.2.